The average Bonchev–Trinajstić information content (AvgIpc) is 3.01. The summed E-state index contributed by atoms with van der Waals surface area (Å²) in [7, 11) is 2.99. The molecule has 10 heteroatoms. The molecule has 0 aromatic heterocycles. The zero-order chi connectivity index (χ0) is 21.2. The second-order valence-corrected chi connectivity index (χ2v) is 6.36. The minimum absolute atomic E-state index is 0.199. The van der Waals surface area contributed by atoms with E-state index in [0.29, 0.717) is 11.4 Å². The summed E-state index contributed by atoms with van der Waals surface area (Å²) < 4.78 is 48.8. The van der Waals surface area contributed by atoms with Gasteiger partial charge < -0.3 is 25.0 Å². The number of likely N-dealkylation sites (N-methyl/N-ethyl adjacent to an activating group) is 1. The maximum Gasteiger partial charge on any atom is 0.416 e. The van der Waals surface area contributed by atoms with E-state index in [1.165, 1.54) is 30.2 Å². The van der Waals surface area contributed by atoms with Gasteiger partial charge in [-0.2, -0.15) is 13.2 Å². The SMILES string of the molecule is COc1ccc(Oc2ccc(C(F)(F)F)cc2)cc1NC(=O)[C@@H]1CN(C)C(=O)N1. The van der Waals surface area contributed by atoms with Gasteiger partial charge in [0.05, 0.1) is 24.9 Å². The molecule has 1 atom stereocenters. The van der Waals surface area contributed by atoms with Crippen molar-refractivity contribution in [2.45, 2.75) is 12.2 Å². The highest BCUT2D eigenvalue weighted by atomic mass is 19.4. The van der Waals surface area contributed by atoms with Crippen molar-refractivity contribution < 1.29 is 32.2 Å². The first-order valence-electron chi connectivity index (χ1n) is 8.53. The molecule has 154 valence electrons. The Balaban J connectivity index is 1.75. The summed E-state index contributed by atoms with van der Waals surface area (Å²) in [6.07, 6.45) is -4.43. The van der Waals surface area contributed by atoms with Crippen molar-refractivity contribution in [2.24, 2.45) is 0 Å². The number of anilines is 1. The molecule has 7 nitrogen and oxygen atoms in total. The minimum atomic E-state index is -4.43. The van der Waals surface area contributed by atoms with Gasteiger partial charge in [-0.25, -0.2) is 4.79 Å². The lowest BCUT2D eigenvalue weighted by Crippen LogP contribution is -2.38. The third-order valence-corrected chi connectivity index (χ3v) is 4.26. The number of hydrogen-bond donors (Lipinski definition) is 2. The van der Waals surface area contributed by atoms with Gasteiger partial charge in [0.15, 0.2) is 0 Å². The summed E-state index contributed by atoms with van der Waals surface area (Å²) in [5.74, 6) is 0.405. The van der Waals surface area contributed by atoms with E-state index in [0.717, 1.165) is 12.1 Å². The van der Waals surface area contributed by atoms with Crippen LogP contribution in [0.5, 0.6) is 17.2 Å². The molecule has 2 aromatic rings. The van der Waals surface area contributed by atoms with E-state index >= 15 is 0 Å². The van der Waals surface area contributed by atoms with Crippen LogP contribution in [0.1, 0.15) is 5.56 Å². The van der Waals surface area contributed by atoms with Gasteiger partial charge in [0, 0.05) is 13.1 Å². The predicted octanol–water partition coefficient (Wildman–Crippen LogP) is 3.47. The Hall–Kier alpha value is -3.43. The van der Waals surface area contributed by atoms with Gasteiger partial charge >= 0.3 is 12.2 Å². The highest BCUT2D eigenvalue weighted by Gasteiger charge is 2.32. The molecule has 0 aliphatic carbocycles. The van der Waals surface area contributed by atoms with Gasteiger partial charge in [-0.3, -0.25) is 4.79 Å². The van der Waals surface area contributed by atoms with Crippen LogP contribution in [0.15, 0.2) is 42.5 Å². The molecule has 0 bridgehead atoms. The summed E-state index contributed by atoms with van der Waals surface area (Å²) in [5.41, 5.74) is -0.484. The maximum absolute atomic E-state index is 12.7. The molecule has 2 aromatic carbocycles. The number of carbonyl (C=O) groups is 2. The second-order valence-electron chi connectivity index (χ2n) is 6.36. The minimum Gasteiger partial charge on any atom is -0.495 e. The summed E-state index contributed by atoms with van der Waals surface area (Å²) in [6.45, 7) is 0.217. The summed E-state index contributed by atoms with van der Waals surface area (Å²) >= 11 is 0. The van der Waals surface area contributed by atoms with Crippen LogP contribution in [-0.2, 0) is 11.0 Å². The predicted molar refractivity (Wildman–Crippen MR) is 98.1 cm³/mol. The molecule has 0 spiro atoms. The smallest absolute Gasteiger partial charge is 0.416 e. The Bertz CT molecular complexity index is 916. The topological polar surface area (TPSA) is 79.9 Å². The largest absolute Gasteiger partial charge is 0.495 e. The van der Waals surface area contributed by atoms with Gasteiger partial charge in [0.2, 0.25) is 5.91 Å². The normalized spacial score (nSPS) is 16.4. The standard InChI is InChI=1S/C19H18F3N3O4/c1-25-10-15(24-18(25)27)17(26)23-14-9-13(7-8-16(14)28-2)29-12-5-3-11(4-6-12)19(20,21)22/h3-9,15H,10H2,1-2H3,(H,23,26)(H,24,27)/t15-/m0/s1. The summed E-state index contributed by atoms with van der Waals surface area (Å²) in [6, 6.07) is 7.75. The molecule has 3 rings (SSSR count). The van der Waals surface area contributed by atoms with Crippen LogP contribution < -0.4 is 20.1 Å². The van der Waals surface area contributed by atoms with Crippen molar-refractivity contribution in [1.82, 2.24) is 10.2 Å². The van der Waals surface area contributed by atoms with E-state index in [1.807, 2.05) is 0 Å². The van der Waals surface area contributed by atoms with Gasteiger partial charge in [-0.1, -0.05) is 0 Å². The van der Waals surface area contributed by atoms with Gasteiger partial charge in [-0.05, 0) is 36.4 Å². The molecule has 1 heterocycles. The second kappa shape index (κ2) is 7.90. The molecular formula is C19H18F3N3O4. The quantitative estimate of drug-likeness (QED) is 0.793. The fourth-order valence-corrected chi connectivity index (χ4v) is 2.73. The zero-order valence-corrected chi connectivity index (χ0v) is 15.5. The van der Waals surface area contributed by atoms with Gasteiger partial charge in [0.1, 0.15) is 23.3 Å². The van der Waals surface area contributed by atoms with Crippen molar-refractivity contribution in [3.05, 3.63) is 48.0 Å². The first-order valence-corrected chi connectivity index (χ1v) is 8.53. The monoisotopic (exact) mass is 409 g/mol. The number of hydrogen-bond acceptors (Lipinski definition) is 4. The molecule has 0 radical (unpaired) electrons. The summed E-state index contributed by atoms with van der Waals surface area (Å²) in [4.78, 5) is 25.3. The van der Waals surface area contributed by atoms with E-state index < -0.39 is 23.7 Å². The Morgan fingerprint density at radius 3 is 2.38 bits per heavy atom. The molecule has 0 unspecified atom stereocenters. The highest BCUT2D eigenvalue weighted by molar-refractivity contribution is 5.99. The Kier molecular flexibility index (Phi) is 5.53. The zero-order valence-electron chi connectivity index (χ0n) is 15.5. The van der Waals surface area contributed by atoms with Gasteiger partial charge in [-0.15, -0.1) is 0 Å². The molecule has 3 amide bonds. The number of benzene rings is 2. The first-order chi connectivity index (χ1) is 13.7. The number of methoxy groups -OCH3 is 1. The fraction of sp³-hybridized carbons (Fsp3) is 0.263. The maximum atomic E-state index is 12.7. The van der Waals surface area contributed by atoms with Gasteiger partial charge in [0.25, 0.3) is 0 Å². The molecule has 2 N–H and O–H groups in total. The third kappa shape index (κ3) is 4.71. The van der Waals surface area contributed by atoms with Crippen LogP contribution in [0.4, 0.5) is 23.7 Å². The lowest BCUT2D eigenvalue weighted by Gasteiger charge is -2.15. The average molecular weight is 409 g/mol. The lowest BCUT2D eigenvalue weighted by atomic mass is 10.2. The van der Waals surface area contributed by atoms with Crippen molar-refractivity contribution in [1.29, 1.82) is 0 Å². The van der Waals surface area contributed by atoms with Crippen LogP contribution in [0, 0.1) is 0 Å². The number of carbonyl (C=O) groups excluding carboxylic acids is 2. The number of nitrogens with zero attached hydrogens (tertiary/aromatic N) is 1. The van der Waals surface area contributed by atoms with Crippen LogP contribution in [0.2, 0.25) is 0 Å². The van der Waals surface area contributed by atoms with E-state index in [4.69, 9.17) is 9.47 Å². The number of rotatable bonds is 5. The lowest BCUT2D eigenvalue weighted by molar-refractivity contribution is -0.137. The first kappa shape index (κ1) is 20.3. The Morgan fingerprint density at radius 2 is 1.83 bits per heavy atom. The number of amides is 3. The molecule has 29 heavy (non-hydrogen) atoms. The van der Waals surface area contributed by atoms with Crippen molar-refractivity contribution in [2.75, 3.05) is 26.0 Å². The number of nitrogens with one attached hydrogen (secondary N) is 2. The fourth-order valence-electron chi connectivity index (χ4n) is 2.73. The molecule has 1 aliphatic rings. The highest BCUT2D eigenvalue weighted by Crippen LogP contribution is 2.34. The number of alkyl halides is 3. The number of ether oxygens (including phenoxy) is 2. The van der Waals surface area contributed by atoms with Crippen LogP contribution in [0.25, 0.3) is 0 Å². The van der Waals surface area contributed by atoms with E-state index in [1.54, 1.807) is 19.2 Å². The molecule has 0 saturated carbocycles. The molecule has 1 saturated heterocycles. The van der Waals surface area contributed by atoms with Crippen molar-refractivity contribution in [3.63, 3.8) is 0 Å². The Morgan fingerprint density at radius 1 is 1.17 bits per heavy atom. The third-order valence-electron chi connectivity index (χ3n) is 4.26. The summed E-state index contributed by atoms with van der Waals surface area (Å²) in [5, 5.41) is 5.21. The van der Waals surface area contributed by atoms with Crippen LogP contribution >= 0.6 is 0 Å². The molecule has 1 fully saturated rings. The van der Waals surface area contributed by atoms with E-state index in [-0.39, 0.29) is 24.1 Å². The number of halogens is 3. The molecular weight excluding hydrogens is 391 g/mol. The molecule has 1 aliphatic heterocycles. The Labute approximate surface area is 164 Å². The van der Waals surface area contributed by atoms with E-state index in [9.17, 15) is 22.8 Å². The van der Waals surface area contributed by atoms with E-state index in [2.05, 4.69) is 10.6 Å². The van der Waals surface area contributed by atoms with Crippen molar-refractivity contribution in [3.8, 4) is 17.2 Å². The van der Waals surface area contributed by atoms with Crippen molar-refractivity contribution >= 4 is 17.6 Å². The van der Waals surface area contributed by atoms with Crippen LogP contribution in [-0.4, -0.2) is 43.6 Å². The number of urea groups is 1. The van der Waals surface area contributed by atoms with Crippen LogP contribution in [0.3, 0.4) is 0 Å².